The quantitative estimate of drug-likeness (QED) is 0.127. The lowest BCUT2D eigenvalue weighted by Crippen LogP contribution is -2.28. The summed E-state index contributed by atoms with van der Waals surface area (Å²) in [4.78, 5) is 12.6. The van der Waals surface area contributed by atoms with Crippen LogP contribution in [0.25, 0.3) is 0 Å². The first-order valence-electron chi connectivity index (χ1n) is 14.8. The Kier molecular flexibility index (Phi) is 17.0. The van der Waals surface area contributed by atoms with Gasteiger partial charge in [-0.3, -0.25) is 0 Å². The maximum absolute atomic E-state index is 12.6. The van der Waals surface area contributed by atoms with Crippen molar-refractivity contribution >= 4 is 6.16 Å². The molecule has 0 aliphatic carbocycles. The van der Waals surface area contributed by atoms with Gasteiger partial charge in [-0.1, -0.05) is 53.7 Å². The molecule has 1 aromatic rings. The highest BCUT2D eigenvalue weighted by Gasteiger charge is 2.30. The van der Waals surface area contributed by atoms with Gasteiger partial charge in [0, 0.05) is 24.3 Å². The van der Waals surface area contributed by atoms with Crippen LogP contribution in [-0.4, -0.2) is 84.4 Å². The highest BCUT2D eigenvalue weighted by atomic mass is 16.7. The Morgan fingerprint density at radius 2 is 1.02 bits per heavy atom. The predicted molar refractivity (Wildman–Crippen MR) is 162 cm³/mol. The van der Waals surface area contributed by atoms with E-state index in [1.165, 1.54) is 5.56 Å². The van der Waals surface area contributed by atoms with Crippen molar-refractivity contribution < 1.29 is 38.0 Å². The molecule has 1 aromatic carbocycles. The first kappa shape index (κ1) is 37.3. The van der Waals surface area contributed by atoms with Crippen LogP contribution in [0.1, 0.15) is 85.4 Å². The zero-order valence-electron chi connectivity index (χ0n) is 27.2. The van der Waals surface area contributed by atoms with Gasteiger partial charge in [-0.05, 0) is 50.0 Å². The van der Waals surface area contributed by atoms with Crippen molar-refractivity contribution in [3.63, 3.8) is 0 Å². The van der Waals surface area contributed by atoms with Crippen LogP contribution in [-0.2, 0) is 45.7 Å². The molecule has 1 rings (SSSR count). The third-order valence-electron chi connectivity index (χ3n) is 5.84. The predicted octanol–water partition coefficient (Wildman–Crippen LogP) is 5.57. The molecule has 0 aromatic heterocycles. The van der Waals surface area contributed by atoms with Gasteiger partial charge in [0.05, 0.1) is 59.5 Å². The van der Waals surface area contributed by atoms with Crippen LogP contribution in [0.3, 0.4) is 0 Å². The summed E-state index contributed by atoms with van der Waals surface area (Å²) in [6, 6.07) is 4.30. The Labute approximate surface area is 248 Å². The summed E-state index contributed by atoms with van der Waals surface area (Å²) < 4.78 is 38.8. The van der Waals surface area contributed by atoms with Gasteiger partial charge in [0.2, 0.25) is 0 Å². The maximum atomic E-state index is 12.6. The van der Waals surface area contributed by atoms with Crippen molar-refractivity contribution in [2.75, 3.05) is 72.6 Å². The topological polar surface area (TPSA) is 108 Å². The van der Waals surface area contributed by atoms with Gasteiger partial charge >= 0.3 is 6.16 Å². The van der Waals surface area contributed by atoms with Crippen LogP contribution in [0, 0.1) is 0 Å². The van der Waals surface area contributed by atoms with Gasteiger partial charge in [0.25, 0.3) is 0 Å². The van der Waals surface area contributed by atoms with Gasteiger partial charge in [0.15, 0.2) is 0 Å². The minimum Gasteiger partial charge on any atom is -0.428 e. The Morgan fingerprint density at radius 1 is 0.634 bits per heavy atom. The van der Waals surface area contributed by atoms with Gasteiger partial charge < -0.3 is 38.9 Å². The third-order valence-corrected chi connectivity index (χ3v) is 5.84. The summed E-state index contributed by atoms with van der Waals surface area (Å²) >= 11 is 0. The Bertz CT molecular complexity index is 833. The SMILES string of the molecule is CC(C)(C)OC(=O)Oc1c(C(C)(C)C)cc(CCCOCCOCCOCCOCCOCCN)cc1C(C)(C)C. The largest absolute Gasteiger partial charge is 0.514 e. The molecule has 0 unspecified atom stereocenters. The van der Waals surface area contributed by atoms with Crippen molar-refractivity contribution in [1.82, 2.24) is 0 Å². The summed E-state index contributed by atoms with van der Waals surface area (Å²) in [5.74, 6) is 0.598. The lowest BCUT2D eigenvalue weighted by molar-refractivity contribution is -0.0106. The molecule has 0 saturated carbocycles. The molecule has 0 radical (unpaired) electrons. The van der Waals surface area contributed by atoms with Crippen molar-refractivity contribution in [3.8, 4) is 5.75 Å². The third kappa shape index (κ3) is 17.1. The normalized spacial score (nSPS) is 12.5. The van der Waals surface area contributed by atoms with E-state index in [0.717, 1.165) is 24.0 Å². The average Bonchev–Trinajstić information content (AvgIpc) is 2.84. The number of nitrogens with two attached hydrogens (primary N) is 1. The Balaban J connectivity index is 2.47. The number of ether oxygens (including phenoxy) is 7. The van der Waals surface area contributed by atoms with Crippen molar-refractivity contribution in [3.05, 3.63) is 28.8 Å². The second kappa shape index (κ2) is 18.7. The van der Waals surface area contributed by atoms with E-state index in [-0.39, 0.29) is 10.8 Å². The summed E-state index contributed by atoms with van der Waals surface area (Å²) in [7, 11) is 0. The number of carbonyl (C=O) groups excluding carboxylic acids is 1. The van der Waals surface area contributed by atoms with Gasteiger partial charge in [-0.2, -0.15) is 0 Å². The molecule has 0 atom stereocenters. The van der Waals surface area contributed by atoms with E-state index in [1.54, 1.807) is 0 Å². The Morgan fingerprint density at radius 3 is 1.39 bits per heavy atom. The molecular formula is C32H57NO8. The summed E-state index contributed by atoms with van der Waals surface area (Å²) in [5, 5.41) is 0. The van der Waals surface area contributed by atoms with E-state index >= 15 is 0 Å². The molecule has 238 valence electrons. The molecular weight excluding hydrogens is 526 g/mol. The molecule has 0 aliphatic heterocycles. The van der Waals surface area contributed by atoms with Gasteiger partial charge in [0.1, 0.15) is 11.4 Å². The number of carbonyl (C=O) groups is 1. The fourth-order valence-electron chi connectivity index (χ4n) is 3.85. The van der Waals surface area contributed by atoms with Crippen LogP contribution in [0.15, 0.2) is 12.1 Å². The smallest absolute Gasteiger partial charge is 0.428 e. The Hall–Kier alpha value is -1.75. The molecule has 9 heteroatoms. The first-order chi connectivity index (χ1) is 19.1. The van der Waals surface area contributed by atoms with Crippen molar-refractivity contribution in [2.45, 2.75) is 91.6 Å². The van der Waals surface area contributed by atoms with Gasteiger partial charge in [-0.15, -0.1) is 0 Å². The van der Waals surface area contributed by atoms with Crippen LogP contribution in [0.4, 0.5) is 4.79 Å². The molecule has 41 heavy (non-hydrogen) atoms. The van der Waals surface area contributed by atoms with Crippen molar-refractivity contribution in [1.29, 1.82) is 0 Å². The molecule has 2 N–H and O–H groups in total. The summed E-state index contributed by atoms with van der Waals surface area (Å²) in [5.41, 5.74) is 7.45. The molecule has 0 bridgehead atoms. The second-order valence-electron chi connectivity index (χ2n) is 13.0. The zero-order valence-corrected chi connectivity index (χ0v) is 27.2. The lowest BCUT2D eigenvalue weighted by atomic mass is 9.78. The summed E-state index contributed by atoms with van der Waals surface area (Å²) in [6.07, 6.45) is 1.05. The molecule has 0 fully saturated rings. The number of benzene rings is 1. The molecule has 0 aliphatic rings. The number of aryl methyl sites for hydroxylation is 1. The highest BCUT2D eigenvalue weighted by Crippen LogP contribution is 2.41. The van der Waals surface area contributed by atoms with E-state index in [9.17, 15) is 4.79 Å². The van der Waals surface area contributed by atoms with Crippen LogP contribution < -0.4 is 10.5 Å². The van der Waals surface area contributed by atoms with E-state index < -0.39 is 11.8 Å². The zero-order chi connectivity index (χ0) is 30.9. The fourth-order valence-corrected chi connectivity index (χ4v) is 3.85. The van der Waals surface area contributed by atoms with E-state index in [1.807, 2.05) is 20.8 Å². The van der Waals surface area contributed by atoms with E-state index in [2.05, 4.69) is 53.7 Å². The number of hydrogen-bond acceptors (Lipinski definition) is 9. The molecule has 0 amide bonds. The molecule has 0 saturated heterocycles. The highest BCUT2D eigenvalue weighted by molar-refractivity contribution is 5.67. The first-order valence-corrected chi connectivity index (χ1v) is 14.8. The monoisotopic (exact) mass is 583 g/mol. The molecule has 0 heterocycles. The maximum Gasteiger partial charge on any atom is 0.514 e. The molecule has 0 spiro atoms. The van der Waals surface area contributed by atoms with Gasteiger partial charge in [-0.25, -0.2) is 4.79 Å². The minimum absolute atomic E-state index is 0.225. The van der Waals surface area contributed by atoms with Crippen LogP contribution >= 0.6 is 0 Å². The second-order valence-corrected chi connectivity index (χ2v) is 13.0. The summed E-state index contributed by atoms with van der Waals surface area (Å²) in [6.45, 7) is 24.2. The fraction of sp³-hybridized carbons (Fsp3) is 0.781. The van der Waals surface area contributed by atoms with Crippen LogP contribution in [0.2, 0.25) is 0 Å². The molecule has 9 nitrogen and oxygen atoms in total. The minimum atomic E-state index is -0.683. The number of rotatable bonds is 19. The standard InChI is InChI=1S/C32H57NO8/c1-30(2,3)26-23-25(24-27(31(4,5)6)28(26)40-29(34)41-32(7,8)9)11-10-13-35-15-17-37-19-21-39-22-20-38-18-16-36-14-12-33/h23-24H,10-22,33H2,1-9H3. The van der Waals surface area contributed by atoms with Crippen molar-refractivity contribution in [2.24, 2.45) is 5.73 Å². The average molecular weight is 584 g/mol. The van der Waals surface area contributed by atoms with Crippen LogP contribution in [0.5, 0.6) is 5.75 Å². The van der Waals surface area contributed by atoms with E-state index in [4.69, 9.17) is 38.9 Å². The van der Waals surface area contributed by atoms with E-state index in [0.29, 0.717) is 78.4 Å². The lowest BCUT2D eigenvalue weighted by Gasteiger charge is -2.30. The number of hydrogen-bond donors (Lipinski definition) is 1.